The molecule has 0 aliphatic carbocycles. The molecule has 0 radical (unpaired) electrons. The van der Waals surface area contributed by atoms with E-state index < -0.39 is 57.7 Å². The first-order valence-electron chi connectivity index (χ1n) is 8.75. The predicted octanol–water partition coefficient (Wildman–Crippen LogP) is 5.24. The van der Waals surface area contributed by atoms with Gasteiger partial charge in [-0.15, -0.1) is 0 Å². The highest BCUT2D eigenvalue weighted by molar-refractivity contribution is 6.33. The molecule has 2 N–H and O–H groups in total. The van der Waals surface area contributed by atoms with Crippen LogP contribution in [0.3, 0.4) is 0 Å². The van der Waals surface area contributed by atoms with Crippen molar-refractivity contribution in [2.24, 2.45) is 5.73 Å². The Morgan fingerprint density at radius 1 is 1.06 bits per heavy atom. The Bertz CT molecular complexity index is 1330. The van der Waals surface area contributed by atoms with Crippen molar-refractivity contribution in [3.63, 3.8) is 0 Å². The highest BCUT2D eigenvalue weighted by Gasteiger charge is 2.42. The Hall–Kier alpha value is -3.73. The lowest BCUT2D eigenvalue weighted by Gasteiger charge is -2.12. The van der Waals surface area contributed by atoms with E-state index in [4.69, 9.17) is 21.9 Å². The summed E-state index contributed by atoms with van der Waals surface area (Å²) in [7, 11) is 0. The molecule has 2 heterocycles. The number of aromatic nitrogens is 3. The van der Waals surface area contributed by atoms with Gasteiger partial charge in [0, 0.05) is 0 Å². The van der Waals surface area contributed by atoms with Crippen molar-refractivity contribution in [3.05, 3.63) is 76.6 Å². The quantitative estimate of drug-likeness (QED) is 0.415. The summed E-state index contributed by atoms with van der Waals surface area (Å²) >= 11 is 5.99. The van der Waals surface area contributed by atoms with Crippen LogP contribution >= 0.6 is 11.6 Å². The first-order valence-corrected chi connectivity index (χ1v) is 9.13. The van der Waals surface area contributed by atoms with Crippen LogP contribution in [0.4, 0.5) is 22.0 Å². The molecule has 0 aliphatic heterocycles. The second-order valence-electron chi connectivity index (χ2n) is 6.46. The number of alkyl halides is 3. The van der Waals surface area contributed by atoms with Crippen LogP contribution < -0.4 is 5.73 Å². The second-order valence-corrected chi connectivity index (χ2v) is 6.87. The third-order valence-electron chi connectivity index (χ3n) is 4.50. The molecule has 6 nitrogen and oxygen atoms in total. The summed E-state index contributed by atoms with van der Waals surface area (Å²) in [5.74, 6) is -3.85. The van der Waals surface area contributed by atoms with Crippen molar-refractivity contribution in [2.75, 3.05) is 0 Å². The Labute approximate surface area is 181 Å². The fraction of sp³-hybridized carbons (Fsp3) is 0.0500. The Kier molecular flexibility index (Phi) is 5.21. The molecule has 4 rings (SSSR count). The van der Waals surface area contributed by atoms with Crippen molar-refractivity contribution in [2.45, 2.75) is 6.18 Å². The summed E-state index contributed by atoms with van der Waals surface area (Å²) in [5, 5.41) is 7.00. The van der Waals surface area contributed by atoms with Crippen molar-refractivity contribution < 1.29 is 31.3 Å². The molecule has 164 valence electrons. The van der Waals surface area contributed by atoms with Gasteiger partial charge < -0.3 is 10.3 Å². The van der Waals surface area contributed by atoms with E-state index in [1.807, 2.05) is 0 Å². The molecular formula is C20H10ClF5N4O2. The van der Waals surface area contributed by atoms with E-state index in [-0.39, 0.29) is 10.6 Å². The summed E-state index contributed by atoms with van der Waals surface area (Å²) in [6.07, 6.45) is -4.35. The van der Waals surface area contributed by atoms with Gasteiger partial charge in [0.25, 0.3) is 5.91 Å². The number of halogens is 6. The number of benzene rings is 2. The van der Waals surface area contributed by atoms with Crippen molar-refractivity contribution in [1.29, 1.82) is 0 Å². The Morgan fingerprint density at radius 3 is 2.38 bits per heavy atom. The van der Waals surface area contributed by atoms with Crippen LogP contribution in [0.15, 0.2) is 53.2 Å². The van der Waals surface area contributed by atoms with Gasteiger partial charge in [-0.2, -0.15) is 18.3 Å². The second kappa shape index (κ2) is 7.75. The van der Waals surface area contributed by atoms with Crippen molar-refractivity contribution in [3.8, 4) is 28.3 Å². The summed E-state index contributed by atoms with van der Waals surface area (Å²) in [6, 6.07) is 8.24. The SMILES string of the molecule is NC(=O)c1c(-c2c(F)cccc2Cl)noc1-c1cnn(-c2ccccc2F)c1C(F)(F)F. The molecule has 0 fully saturated rings. The molecule has 0 bridgehead atoms. The van der Waals surface area contributed by atoms with E-state index in [2.05, 4.69) is 10.3 Å². The lowest BCUT2D eigenvalue weighted by atomic mass is 10.0. The zero-order valence-electron chi connectivity index (χ0n) is 15.6. The maximum absolute atomic E-state index is 14.4. The number of amides is 1. The molecular weight excluding hydrogens is 459 g/mol. The van der Waals surface area contributed by atoms with Crippen LogP contribution in [0.25, 0.3) is 28.3 Å². The topological polar surface area (TPSA) is 86.9 Å². The number of carbonyl (C=O) groups excluding carboxylic acids is 1. The number of nitrogens with zero attached hydrogens (tertiary/aromatic N) is 3. The molecule has 32 heavy (non-hydrogen) atoms. The predicted molar refractivity (Wildman–Crippen MR) is 103 cm³/mol. The number of primary amides is 1. The summed E-state index contributed by atoms with van der Waals surface area (Å²) in [5.41, 5.74) is 1.16. The molecule has 1 amide bonds. The van der Waals surface area contributed by atoms with Gasteiger partial charge in [0.2, 0.25) is 0 Å². The molecule has 0 saturated carbocycles. The monoisotopic (exact) mass is 468 g/mol. The first kappa shape index (κ1) is 21.5. The molecule has 0 unspecified atom stereocenters. The lowest BCUT2D eigenvalue weighted by molar-refractivity contribution is -0.142. The average Bonchev–Trinajstić information content (AvgIpc) is 3.32. The van der Waals surface area contributed by atoms with Crippen LogP contribution in [0.1, 0.15) is 16.1 Å². The van der Waals surface area contributed by atoms with Crippen molar-refractivity contribution in [1.82, 2.24) is 14.9 Å². The van der Waals surface area contributed by atoms with Crippen LogP contribution in [0.5, 0.6) is 0 Å². The van der Waals surface area contributed by atoms with Crippen molar-refractivity contribution >= 4 is 17.5 Å². The van der Waals surface area contributed by atoms with Gasteiger partial charge in [-0.3, -0.25) is 4.79 Å². The maximum Gasteiger partial charge on any atom is 0.434 e. The minimum atomic E-state index is -5.06. The lowest BCUT2D eigenvalue weighted by Crippen LogP contribution is -2.17. The standard InChI is InChI=1S/C20H10ClF5N4O2/c21-10-4-3-6-12(23)14(10)16-15(19(27)31)17(32-29-16)9-8-28-30(18(9)20(24,25)26)13-7-2-1-5-11(13)22/h1-8H,(H2,27,31). The van der Waals surface area contributed by atoms with Gasteiger partial charge in [-0.1, -0.05) is 35.0 Å². The Morgan fingerprint density at radius 2 is 1.75 bits per heavy atom. The number of hydrogen-bond donors (Lipinski definition) is 1. The van der Waals surface area contributed by atoms with Crippen LogP contribution in [0.2, 0.25) is 5.02 Å². The molecule has 12 heteroatoms. The largest absolute Gasteiger partial charge is 0.434 e. The van der Waals surface area contributed by atoms with E-state index in [1.165, 1.54) is 24.3 Å². The zero-order chi connectivity index (χ0) is 23.2. The van der Waals surface area contributed by atoms with Gasteiger partial charge in [0.05, 0.1) is 22.3 Å². The fourth-order valence-electron chi connectivity index (χ4n) is 3.19. The minimum absolute atomic E-state index is 0.176. The van der Waals surface area contributed by atoms with E-state index in [0.717, 1.165) is 24.4 Å². The smallest absolute Gasteiger partial charge is 0.365 e. The van der Waals surface area contributed by atoms with E-state index in [9.17, 15) is 26.7 Å². The van der Waals surface area contributed by atoms with E-state index in [0.29, 0.717) is 4.68 Å². The fourth-order valence-corrected chi connectivity index (χ4v) is 3.44. The molecule has 0 saturated heterocycles. The number of carbonyl (C=O) groups is 1. The number of nitrogens with two attached hydrogens (primary N) is 1. The molecule has 0 atom stereocenters. The van der Waals surface area contributed by atoms with Crippen LogP contribution in [-0.2, 0) is 6.18 Å². The summed E-state index contributed by atoms with van der Waals surface area (Å²) in [6.45, 7) is 0. The summed E-state index contributed by atoms with van der Waals surface area (Å²) < 4.78 is 75.8. The molecule has 4 aromatic rings. The highest BCUT2D eigenvalue weighted by atomic mass is 35.5. The molecule has 0 spiro atoms. The number of rotatable bonds is 4. The van der Waals surface area contributed by atoms with Crippen LogP contribution in [-0.4, -0.2) is 20.8 Å². The molecule has 2 aromatic carbocycles. The third kappa shape index (κ3) is 3.50. The summed E-state index contributed by atoms with van der Waals surface area (Å²) in [4.78, 5) is 12.2. The number of para-hydroxylation sites is 1. The normalized spacial score (nSPS) is 11.7. The minimum Gasteiger partial charge on any atom is -0.365 e. The maximum atomic E-state index is 14.4. The van der Waals surface area contributed by atoms with Gasteiger partial charge >= 0.3 is 6.18 Å². The molecule has 0 aliphatic rings. The van der Waals surface area contributed by atoms with Gasteiger partial charge in [-0.05, 0) is 24.3 Å². The van der Waals surface area contributed by atoms with Gasteiger partial charge in [-0.25, -0.2) is 13.5 Å². The Balaban J connectivity index is 2.01. The highest BCUT2D eigenvalue weighted by Crippen LogP contribution is 2.42. The average molecular weight is 469 g/mol. The number of hydrogen-bond acceptors (Lipinski definition) is 4. The van der Waals surface area contributed by atoms with Crippen LogP contribution in [0, 0.1) is 11.6 Å². The molecule has 2 aromatic heterocycles. The van der Waals surface area contributed by atoms with E-state index >= 15 is 0 Å². The third-order valence-corrected chi connectivity index (χ3v) is 4.82. The van der Waals surface area contributed by atoms with Gasteiger partial charge in [0.1, 0.15) is 28.6 Å². The van der Waals surface area contributed by atoms with E-state index in [1.54, 1.807) is 0 Å². The van der Waals surface area contributed by atoms with Gasteiger partial charge in [0.15, 0.2) is 11.5 Å². The first-order chi connectivity index (χ1) is 15.1. The zero-order valence-corrected chi connectivity index (χ0v) is 16.4.